The summed E-state index contributed by atoms with van der Waals surface area (Å²) in [7, 11) is 1.66. The molecule has 0 saturated carbocycles. The predicted molar refractivity (Wildman–Crippen MR) is 74.9 cm³/mol. The average molecular weight is 252 g/mol. The number of fused-ring (bicyclic) bond motifs is 2. The van der Waals surface area contributed by atoms with E-state index in [2.05, 4.69) is 12.1 Å². The van der Waals surface area contributed by atoms with Gasteiger partial charge in [-0.25, -0.2) is 0 Å². The van der Waals surface area contributed by atoms with E-state index in [-0.39, 0.29) is 5.78 Å². The predicted octanol–water partition coefficient (Wildman–Crippen LogP) is 3.22. The van der Waals surface area contributed by atoms with Crippen LogP contribution in [0.25, 0.3) is 0 Å². The zero-order valence-electron chi connectivity index (χ0n) is 11.0. The maximum atomic E-state index is 12.4. The van der Waals surface area contributed by atoms with Gasteiger partial charge in [0, 0.05) is 17.5 Å². The number of ketones is 1. The highest BCUT2D eigenvalue weighted by atomic mass is 16.5. The minimum Gasteiger partial charge on any atom is -0.496 e. The summed E-state index contributed by atoms with van der Waals surface area (Å²) in [5.74, 6) is 1.01. The SMILES string of the molecule is COc1cccc2c1CCc1ccccc1CC2=O. The average Bonchev–Trinajstić information content (AvgIpc) is 2.44. The van der Waals surface area contributed by atoms with E-state index in [0.29, 0.717) is 6.42 Å². The summed E-state index contributed by atoms with van der Waals surface area (Å²) >= 11 is 0. The van der Waals surface area contributed by atoms with Gasteiger partial charge in [0.15, 0.2) is 5.78 Å². The van der Waals surface area contributed by atoms with Crippen molar-refractivity contribution in [2.24, 2.45) is 0 Å². The summed E-state index contributed by atoms with van der Waals surface area (Å²) in [5.41, 5.74) is 4.28. The lowest BCUT2D eigenvalue weighted by molar-refractivity contribution is 0.0990. The molecule has 0 unspecified atom stereocenters. The number of Topliss-reactive ketones (excluding diaryl/α,β-unsaturated/α-hetero) is 1. The molecule has 1 aliphatic carbocycles. The van der Waals surface area contributed by atoms with Gasteiger partial charge in [0.05, 0.1) is 7.11 Å². The topological polar surface area (TPSA) is 26.3 Å². The maximum Gasteiger partial charge on any atom is 0.167 e. The van der Waals surface area contributed by atoms with Crippen molar-refractivity contribution < 1.29 is 9.53 Å². The molecule has 0 N–H and O–H groups in total. The van der Waals surface area contributed by atoms with Crippen LogP contribution in [0.2, 0.25) is 0 Å². The third kappa shape index (κ3) is 2.14. The Morgan fingerprint density at radius 2 is 1.74 bits per heavy atom. The summed E-state index contributed by atoms with van der Waals surface area (Å²) in [6.07, 6.45) is 2.29. The summed E-state index contributed by atoms with van der Waals surface area (Å²) < 4.78 is 5.39. The fraction of sp³-hybridized carbons (Fsp3) is 0.235. The molecule has 0 heterocycles. The molecular formula is C17H16O2. The lowest BCUT2D eigenvalue weighted by atomic mass is 9.88. The number of carbonyl (C=O) groups is 1. The van der Waals surface area contributed by atoms with Crippen molar-refractivity contribution >= 4 is 5.78 Å². The molecule has 0 aliphatic heterocycles. The van der Waals surface area contributed by atoms with Crippen LogP contribution in [0.1, 0.15) is 27.0 Å². The molecule has 0 saturated heterocycles. The fourth-order valence-corrected chi connectivity index (χ4v) is 2.78. The van der Waals surface area contributed by atoms with Crippen LogP contribution in [0.5, 0.6) is 5.75 Å². The van der Waals surface area contributed by atoms with Crippen LogP contribution in [0.4, 0.5) is 0 Å². The van der Waals surface area contributed by atoms with Gasteiger partial charge in [-0.3, -0.25) is 4.79 Å². The molecular weight excluding hydrogens is 236 g/mol. The Balaban J connectivity index is 2.08. The van der Waals surface area contributed by atoms with E-state index in [1.165, 1.54) is 5.56 Å². The Hall–Kier alpha value is -2.09. The molecule has 0 bridgehead atoms. The Kier molecular flexibility index (Phi) is 3.08. The molecule has 96 valence electrons. The molecule has 3 rings (SSSR count). The van der Waals surface area contributed by atoms with Crippen molar-refractivity contribution in [3.05, 3.63) is 64.7 Å². The van der Waals surface area contributed by atoms with Gasteiger partial charge >= 0.3 is 0 Å². The van der Waals surface area contributed by atoms with Crippen molar-refractivity contribution in [1.82, 2.24) is 0 Å². The van der Waals surface area contributed by atoms with E-state index in [9.17, 15) is 4.79 Å². The first-order valence-electron chi connectivity index (χ1n) is 6.55. The van der Waals surface area contributed by atoms with E-state index in [0.717, 1.165) is 35.3 Å². The second kappa shape index (κ2) is 4.88. The number of aryl methyl sites for hydroxylation is 1. The largest absolute Gasteiger partial charge is 0.496 e. The standard InChI is InChI=1S/C17H16O2/c1-19-17-8-4-7-14-15(17)10-9-12-5-2-3-6-13(12)11-16(14)18/h2-8H,9-11H2,1H3. The lowest BCUT2D eigenvalue weighted by Crippen LogP contribution is -2.14. The van der Waals surface area contributed by atoms with Gasteiger partial charge in [0.25, 0.3) is 0 Å². The molecule has 1 aliphatic rings. The van der Waals surface area contributed by atoms with Crippen molar-refractivity contribution in [3.8, 4) is 5.75 Å². The Morgan fingerprint density at radius 3 is 2.53 bits per heavy atom. The highest BCUT2D eigenvalue weighted by Gasteiger charge is 2.19. The van der Waals surface area contributed by atoms with Gasteiger partial charge in [-0.1, -0.05) is 36.4 Å². The highest BCUT2D eigenvalue weighted by molar-refractivity contribution is 5.99. The first kappa shape index (κ1) is 12.0. The van der Waals surface area contributed by atoms with Gasteiger partial charge in [0.1, 0.15) is 5.75 Å². The van der Waals surface area contributed by atoms with E-state index in [4.69, 9.17) is 4.74 Å². The second-order valence-corrected chi connectivity index (χ2v) is 4.86. The van der Waals surface area contributed by atoms with Crippen LogP contribution < -0.4 is 4.74 Å². The molecule has 2 aromatic carbocycles. The Labute approximate surface area is 113 Å². The van der Waals surface area contributed by atoms with Gasteiger partial charge in [0.2, 0.25) is 0 Å². The molecule has 19 heavy (non-hydrogen) atoms. The molecule has 2 aromatic rings. The molecule has 0 fully saturated rings. The van der Waals surface area contributed by atoms with Gasteiger partial charge in [-0.15, -0.1) is 0 Å². The van der Waals surface area contributed by atoms with E-state index < -0.39 is 0 Å². The number of carbonyl (C=O) groups excluding carboxylic acids is 1. The number of benzene rings is 2. The molecule has 0 aromatic heterocycles. The maximum absolute atomic E-state index is 12.4. The van der Waals surface area contributed by atoms with Crippen molar-refractivity contribution in [2.45, 2.75) is 19.3 Å². The molecule has 0 radical (unpaired) electrons. The van der Waals surface area contributed by atoms with E-state index >= 15 is 0 Å². The summed E-state index contributed by atoms with van der Waals surface area (Å²) in [5, 5.41) is 0. The third-order valence-electron chi connectivity index (χ3n) is 3.77. The Morgan fingerprint density at radius 1 is 0.947 bits per heavy atom. The number of hydrogen-bond acceptors (Lipinski definition) is 2. The quantitative estimate of drug-likeness (QED) is 0.779. The zero-order valence-corrected chi connectivity index (χ0v) is 11.0. The molecule has 0 spiro atoms. The van der Waals surface area contributed by atoms with Crippen LogP contribution >= 0.6 is 0 Å². The van der Waals surface area contributed by atoms with Crippen molar-refractivity contribution in [1.29, 1.82) is 0 Å². The zero-order chi connectivity index (χ0) is 13.2. The minimum absolute atomic E-state index is 0.182. The third-order valence-corrected chi connectivity index (χ3v) is 3.77. The number of rotatable bonds is 1. The first-order valence-corrected chi connectivity index (χ1v) is 6.55. The van der Waals surface area contributed by atoms with E-state index in [1.54, 1.807) is 7.11 Å². The van der Waals surface area contributed by atoms with E-state index in [1.807, 2.05) is 30.3 Å². The first-order chi connectivity index (χ1) is 9.29. The molecule has 0 amide bonds. The highest BCUT2D eigenvalue weighted by Crippen LogP contribution is 2.28. The van der Waals surface area contributed by atoms with Crippen LogP contribution in [-0.4, -0.2) is 12.9 Å². The fourth-order valence-electron chi connectivity index (χ4n) is 2.78. The van der Waals surface area contributed by atoms with Crippen LogP contribution in [0.3, 0.4) is 0 Å². The van der Waals surface area contributed by atoms with Crippen molar-refractivity contribution in [2.75, 3.05) is 7.11 Å². The molecule has 2 heteroatoms. The van der Waals surface area contributed by atoms with Crippen LogP contribution in [0.15, 0.2) is 42.5 Å². The number of ether oxygens (including phenoxy) is 1. The normalized spacial score (nSPS) is 14.1. The smallest absolute Gasteiger partial charge is 0.167 e. The summed E-state index contributed by atoms with van der Waals surface area (Å²) in [6, 6.07) is 13.9. The van der Waals surface area contributed by atoms with Crippen LogP contribution in [0, 0.1) is 0 Å². The van der Waals surface area contributed by atoms with Gasteiger partial charge < -0.3 is 4.74 Å². The van der Waals surface area contributed by atoms with Crippen LogP contribution in [-0.2, 0) is 19.3 Å². The van der Waals surface area contributed by atoms with Crippen molar-refractivity contribution in [3.63, 3.8) is 0 Å². The minimum atomic E-state index is 0.182. The van der Waals surface area contributed by atoms with Gasteiger partial charge in [-0.05, 0) is 30.0 Å². The second-order valence-electron chi connectivity index (χ2n) is 4.86. The number of methoxy groups -OCH3 is 1. The summed E-state index contributed by atoms with van der Waals surface area (Å²) in [6.45, 7) is 0. The lowest BCUT2D eigenvalue weighted by Gasteiger charge is -2.18. The monoisotopic (exact) mass is 252 g/mol. The Bertz CT molecular complexity index is 629. The number of hydrogen-bond donors (Lipinski definition) is 0. The van der Waals surface area contributed by atoms with Gasteiger partial charge in [-0.2, -0.15) is 0 Å². The molecule has 0 atom stereocenters. The summed E-state index contributed by atoms with van der Waals surface area (Å²) in [4.78, 5) is 12.4. The molecule has 2 nitrogen and oxygen atoms in total.